The van der Waals surface area contributed by atoms with E-state index >= 15 is 0 Å². The highest BCUT2D eigenvalue weighted by atomic mass is 16.6. The maximum absolute atomic E-state index is 13.4. The Morgan fingerprint density at radius 1 is 0.829 bits per heavy atom. The number of carbonyl (C=O) groups is 3. The number of aromatic nitrogens is 1. The van der Waals surface area contributed by atoms with Crippen LogP contribution in [0.2, 0.25) is 0 Å². The largest absolute Gasteiger partial charge is 0.458 e. The molecule has 35 heavy (non-hydrogen) atoms. The van der Waals surface area contributed by atoms with Crippen molar-refractivity contribution in [2.24, 2.45) is 0 Å². The van der Waals surface area contributed by atoms with Gasteiger partial charge in [0, 0.05) is 23.5 Å². The van der Waals surface area contributed by atoms with Crippen LogP contribution in [0.3, 0.4) is 0 Å². The minimum Gasteiger partial charge on any atom is -0.458 e. The van der Waals surface area contributed by atoms with Gasteiger partial charge in [0.15, 0.2) is 0 Å². The minimum absolute atomic E-state index is 0.0241. The maximum Gasteiger partial charge on any atom is 0.420 e. The van der Waals surface area contributed by atoms with Crippen LogP contribution in [-0.2, 0) is 25.4 Å². The van der Waals surface area contributed by atoms with Crippen LogP contribution in [0.25, 0.3) is 10.9 Å². The van der Waals surface area contributed by atoms with E-state index < -0.39 is 41.0 Å². The van der Waals surface area contributed by atoms with Crippen molar-refractivity contribution in [2.45, 2.75) is 105 Å². The quantitative estimate of drug-likeness (QED) is 0.406. The lowest BCUT2D eigenvalue weighted by molar-refractivity contribution is -0.161. The summed E-state index contributed by atoms with van der Waals surface area (Å²) in [6.07, 6.45) is -0.141. The summed E-state index contributed by atoms with van der Waals surface area (Å²) in [6.45, 7) is 19.3. The van der Waals surface area contributed by atoms with Crippen LogP contribution >= 0.6 is 0 Å². The molecule has 194 valence electrons. The summed E-state index contributed by atoms with van der Waals surface area (Å²) in [6, 6.07) is 2.76. The van der Waals surface area contributed by atoms with E-state index in [0.29, 0.717) is 0 Å². The second-order valence-corrected chi connectivity index (χ2v) is 11.9. The van der Waals surface area contributed by atoms with E-state index in [-0.39, 0.29) is 6.42 Å². The number of nitrogens with one attached hydrogen (secondary N) is 1. The normalized spacial score (nSPS) is 13.3. The fourth-order valence-corrected chi connectivity index (χ4v) is 3.63. The smallest absolute Gasteiger partial charge is 0.420 e. The Hall–Kier alpha value is -3.03. The summed E-state index contributed by atoms with van der Waals surface area (Å²) in [5, 5.41) is 0.907. The minimum atomic E-state index is -1.31. The van der Waals surface area contributed by atoms with Crippen LogP contribution in [0.1, 0.15) is 79.0 Å². The monoisotopic (exact) mass is 488 g/mol. The number of benzene rings is 1. The predicted molar refractivity (Wildman–Crippen MR) is 135 cm³/mol. The molecule has 0 fully saturated rings. The third-order valence-electron chi connectivity index (χ3n) is 4.80. The number of rotatable bonds is 4. The van der Waals surface area contributed by atoms with Crippen LogP contribution in [0.4, 0.5) is 9.59 Å². The number of nitrogens with zero attached hydrogens (tertiary/aromatic N) is 1. The van der Waals surface area contributed by atoms with Gasteiger partial charge in [0.1, 0.15) is 22.8 Å². The molecule has 0 aliphatic rings. The van der Waals surface area contributed by atoms with E-state index in [1.54, 1.807) is 68.5 Å². The fraction of sp³-hybridized carbons (Fsp3) is 0.593. The topological polar surface area (TPSA) is 97.9 Å². The van der Waals surface area contributed by atoms with E-state index in [1.165, 1.54) is 0 Å². The molecule has 8 heteroatoms. The number of imide groups is 1. The number of hydrogen-bond donors (Lipinski definition) is 1. The molecule has 1 N–H and O–H groups in total. The van der Waals surface area contributed by atoms with Crippen LogP contribution in [-0.4, -0.2) is 50.9 Å². The molecule has 2 rings (SSSR count). The molecule has 0 bridgehead atoms. The lowest BCUT2D eigenvalue weighted by atomic mass is 10.0. The van der Waals surface area contributed by atoms with E-state index in [9.17, 15) is 14.4 Å². The zero-order valence-corrected chi connectivity index (χ0v) is 22.9. The number of H-pyrrole nitrogens is 1. The Labute approximate surface area is 208 Å². The van der Waals surface area contributed by atoms with Gasteiger partial charge in [0.2, 0.25) is 0 Å². The number of fused-ring (bicyclic) bond motifs is 1. The summed E-state index contributed by atoms with van der Waals surface area (Å²) < 4.78 is 16.7. The van der Waals surface area contributed by atoms with Gasteiger partial charge in [-0.2, -0.15) is 4.90 Å². The second-order valence-electron chi connectivity index (χ2n) is 11.9. The first-order valence-electron chi connectivity index (χ1n) is 11.8. The molecule has 0 unspecified atom stereocenters. The third-order valence-corrected chi connectivity index (χ3v) is 4.80. The van der Waals surface area contributed by atoms with Gasteiger partial charge in [-0.15, -0.1) is 0 Å². The van der Waals surface area contributed by atoms with Gasteiger partial charge in [-0.25, -0.2) is 14.4 Å². The van der Waals surface area contributed by atoms with Crippen molar-refractivity contribution in [1.29, 1.82) is 0 Å². The number of ether oxygens (including phenoxy) is 3. The molecule has 8 nitrogen and oxygen atoms in total. The Bertz CT molecular complexity index is 1070. The molecule has 2 aromatic rings. The number of aromatic amines is 1. The Balaban J connectivity index is 2.63. The highest BCUT2D eigenvalue weighted by molar-refractivity contribution is 5.95. The summed E-state index contributed by atoms with van der Waals surface area (Å²) in [5.41, 5.74) is 1.16. The SMILES string of the molecule is Cc1cc(C)c2[nH]cc(C[C@@H](C(=O)OC(C)(C)C)N(C(=O)OC(C)(C)C)C(=O)OC(C)(C)C)c2c1. The lowest BCUT2D eigenvalue weighted by Gasteiger charge is -2.33. The molecule has 1 atom stereocenters. The molecule has 0 radical (unpaired) electrons. The highest BCUT2D eigenvalue weighted by Crippen LogP contribution is 2.27. The molecule has 0 aliphatic carbocycles. The van der Waals surface area contributed by atoms with Crippen LogP contribution in [0, 0.1) is 13.8 Å². The van der Waals surface area contributed by atoms with E-state index in [0.717, 1.165) is 32.5 Å². The third kappa shape index (κ3) is 8.01. The molecule has 2 amide bonds. The summed E-state index contributed by atoms with van der Waals surface area (Å²) in [5.74, 6) is -0.729. The van der Waals surface area contributed by atoms with Gasteiger partial charge in [-0.05, 0) is 93.4 Å². The summed E-state index contributed by atoms with van der Waals surface area (Å²) in [4.78, 5) is 44.0. The van der Waals surface area contributed by atoms with Crippen molar-refractivity contribution in [3.63, 3.8) is 0 Å². The van der Waals surface area contributed by atoms with Crippen molar-refractivity contribution in [2.75, 3.05) is 0 Å². The van der Waals surface area contributed by atoms with Crippen molar-refractivity contribution >= 4 is 29.1 Å². The number of esters is 1. The zero-order chi connectivity index (χ0) is 26.9. The number of amides is 2. The van der Waals surface area contributed by atoms with Crippen molar-refractivity contribution in [3.05, 3.63) is 35.0 Å². The van der Waals surface area contributed by atoms with Crippen molar-refractivity contribution < 1.29 is 28.6 Å². The number of aryl methyl sites for hydroxylation is 2. The van der Waals surface area contributed by atoms with Crippen LogP contribution in [0.5, 0.6) is 0 Å². The highest BCUT2D eigenvalue weighted by Gasteiger charge is 2.42. The first kappa shape index (κ1) is 28.2. The van der Waals surface area contributed by atoms with Crippen LogP contribution in [0.15, 0.2) is 18.3 Å². The van der Waals surface area contributed by atoms with E-state index in [2.05, 4.69) is 11.1 Å². The van der Waals surface area contributed by atoms with Gasteiger partial charge in [0.25, 0.3) is 0 Å². The van der Waals surface area contributed by atoms with Gasteiger partial charge in [-0.1, -0.05) is 11.6 Å². The summed E-state index contributed by atoms with van der Waals surface area (Å²) in [7, 11) is 0. The molecule has 1 aromatic carbocycles. The molecule has 0 spiro atoms. The molecule has 1 heterocycles. The summed E-state index contributed by atoms with van der Waals surface area (Å²) >= 11 is 0. The van der Waals surface area contributed by atoms with Crippen molar-refractivity contribution in [3.8, 4) is 0 Å². The van der Waals surface area contributed by atoms with Crippen molar-refractivity contribution in [1.82, 2.24) is 9.88 Å². The number of carbonyl (C=O) groups excluding carboxylic acids is 3. The number of hydrogen-bond acceptors (Lipinski definition) is 6. The standard InChI is InChI=1S/C27H40N2O6/c1-16-12-17(2)21-19(13-16)18(15-28-21)14-20(22(30)33-25(3,4)5)29(23(31)34-26(6,7)8)24(32)35-27(9,10)11/h12-13,15,20,28H,14H2,1-11H3/t20-/m0/s1. The van der Waals surface area contributed by atoms with E-state index in [4.69, 9.17) is 14.2 Å². The van der Waals surface area contributed by atoms with Gasteiger partial charge in [0.05, 0.1) is 0 Å². The van der Waals surface area contributed by atoms with Gasteiger partial charge >= 0.3 is 18.2 Å². The van der Waals surface area contributed by atoms with Gasteiger partial charge < -0.3 is 19.2 Å². The Morgan fingerprint density at radius 2 is 1.31 bits per heavy atom. The Morgan fingerprint density at radius 3 is 1.77 bits per heavy atom. The maximum atomic E-state index is 13.4. The molecular formula is C27H40N2O6. The molecular weight excluding hydrogens is 448 g/mol. The average molecular weight is 489 g/mol. The van der Waals surface area contributed by atoms with E-state index in [1.807, 2.05) is 19.9 Å². The zero-order valence-electron chi connectivity index (χ0n) is 22.9. The molecule has 0 saturated heterocycles. The first-order chi connectivity index (χ1) is 15.8. The lowest BCUT2D eigenvalue weighted by Crippen LogP contribution is -2.54. The molecule has 1 aromatic heterocycles. The first-order valence-corrected chi connectivity index (χ1v) is 11.8. The molecule has 0 saturated carbocycles. The second kappa shape index (κ2) is 9.91. The van der Waals surface area contributed by atoms with Crippen LogP contribution < -0.4 is 0 Å². The fourth-order valence-electron chi connectivity index (χ4n) is 3.63. The van der Waals surface area contributed by atoms with Gasteiger partial charge in [-0.3, -0.25) is 0 Å². The average Bonchev–Trinajstić information content (AvgIpc) is 2.99. The predicted octanol–water partition coefficient (Wildman–Crippen LogP) is 6.21. The Kier molecular flexibility index (Phi) is 7.99. The molecule has 0 aliphatic heterocycles.